The number of nitrogens with one attached hydrogen (secondary N) is 1. The Kier molecular flexibility index (Phi) is 9.71. The lowest BCUT2D eigenvalue weighted by Gasteiger charge is -2.40. The van der Waals surface area contributed by atoms with E-state index in [1.54, 1.807) is 24.4 Å². The van der Waals surface area contributed by atoms with E-state index < -0.39 is 16.1 Å². The number of amides is 1. The Balaban J connectivity index is 1.39. The number of nitrogens with zero attached hydrogens (tertiary/aromatic N) is 6. The molecule has 1 N–H and O–H groups in total. The molecule has 11 nitrogen and oxygen atoms in total. The standard InChI is InChI=1S/C39H47N7O4S/c1-24(2)20-27-12-8-17-32(37-40-19-18-34(42-37)45(5)29-14-9-15-29)46-33(27)23-50-35-22-31(36-25(3)10-6-11-26(36)4)41-39(43-35)44-51(48,49)30-16-7-13-28(21-30)38(46)47/h6-7,10-11,13,16,18-19,21-22,24,27,29,32-33H,8-9,12,14-15,17,20,23H2,1-5H3,(H,41,43,44)/t27-,32+,33+/m0/s1. The molecule has 4 aromatic rings. The van der Waals surface area contributed by atoms with Crippen molar-refractivity contribution in [2.75, 3.05) is 23.3 Å². The number of benzene rings is 2. The highest BCUT2D eigenvalue weighted by atomic mass is 32.2. The minimum absolute atomic E-state index is 0.0573. The number of sulfonamides is 1. The number of aromatic nitrogens is 4. The van der Waals surface area contributed by atoms with Crippen LogP contribution in [0, 0.1) is 25.7 Å². The molecule has 0 spiro atoms. The number of carbonyl (C=O) groups excluding carboxylic acids is 1. The summed E-state index contributed by atoms with van der Waals surface area (Å²) in [6, 6.07) is 15.5. The lowest BCUT2D eigenvalue weighted by molar-refractivity contribution is 0.0347. The predicted molar refractivity (Wildman–Crippen MR) is 197 cm³/mol. The molecule has 2 aromatic heterocycles. The Labute approximate surface area is 301 Å². The van der Waals surface area contributed by atoms with Gasteiger partial charge in [0.15, 0.2) is 5.82 Å². The molecule has 0 unspecified atom stereocenters. The SMILES string of the molecule is Cc1cccc(C)c1-c1cc2nc(n1)NS(=O)(=O)c1cccc(c1)C(=O)N1[C@@H](c3nccc(N(C)C4CCC4)n3)CCC[C@@H](CC(C)C)[C@H]1CO2. The summed E-state index contributed by atoms with van der Waals surface area (Å²) in [5.74, 6) is 1.75. The van der Waals surface area contributed by atoms with E-state index in [0.29, 0.717) is 29.9 Å². The first kappa shape index (κ1) is 34.9. The van der Waals surface area contributed by atoms with Crippen LogP contribution in [0.3, 0.4) is 0 Å². The van der Waals surface area contributed by atoms with E-state index in [4.69, 9.17) is 14.7 Å². The molecule has 1 amide bonds. The fourth-order valence-corrected chi connectivity index (χ4v) is 8.86. The van der Waals surface area contributed by atoms with Crippen molar-refractivity contribution in [2.24, 2.45) is 11.8 Å². The predicted octanol–water partition coefficient (Wildman–Crippen LogP) is 7.13. The Morgan fingerprint density at radius 1 is 0.961 bits per heavy atom. The number of rotatable bonds is 6. The maximum atomic E-state index is 15.0. The highest BCUT2D eigenvalue weighted by Crippen LogP contribution is 2.40. The third-order valence-electron chi connectivity index (χ3n) is 10.7. The highest BCUT2D eigenvalue weighted by molar-refractivity contribution is 7.92. The average molecular weight is 710 g/mol. The van der Waals surface area contributed by atoms with Gasteiger partial charge >= 0.3 is 0 Å². The molecule has 2 fully saturated rings. The van der Waals surface area contributed by atoms with Crippen LogP contribution in [0.15, 0.2) is 65.7 Å². The molecule has 1 saturated carbocycles. The van der Waals surface area contributed by atoms with E-state index >= 15 is 0 Å². The number of ether oxygens (including phenoxy) is 1. The smallest absolute Gasteiger partial charge is 0.264 e. The summed E-state index contributed by atoms with van der Waals surface area (Å²) in [7, 11) is -2.11. The van der Waals surface area contributed by atoms with Crippen LogP contribution in [0.4, 0.5) is 11.8 Å². The fourth-order valence-electron chi connectivity index (χ4n) is 7.87. The van der Waals surface area contributed by atoms with Gasteiger partial charge in [-0.2, -0.15) is 4.98 Å². The monoisotopic (exact) mass is 709 g/mol. The van der Waals surface area contributed by atoms with Crippen molar-refractivity contribution >= 4 is 27.7 Å². The molecule has 4 bridgehead atoms. The van der Waals surface area contributed by atoms with Gasteiger partial charge < -0.3 is 14.5 Å². The summed E-state index contributed by atoms with van der Waals surface area (Å²) in [5.41, 5.74) is 3.67. The van der Waals surface area contributed by atoms with Gasteiger partial charge in [0.05, 0.1) is 22.7 Å². The number of aryl methyl sites for hydroxylation is 2. The summed E-state index contributed by atoms with van der Waals surface area (Å²) in [6.45, 7) is 8.54. The first-order valence-electron chi connectivity index (χ1n) is 18.1. The van der Waals surface area contributed by atoms with Crippen molar-refractivity contribution < 1.29 is 17.9 Å². The van der Waals surface area contributed by atoms with Gasteiger partial charge in [0, 0.05) is 36.5 Å². The Bertz CT molecular complexity index is 2010. The molecule has 12 heteroatoms. The van der Waals surface area contributed by atoms with E-state index in [9.17, 15) is 13.2 Å². The van der Waals surface area contributed by atoms with Gasteiger partial charge in [-0.05, 0) is 99.6 Å². The molecule has 4 heterocycles. The number of hydrogen-bond acceptors (Lipinski definition) is 9. The maximum absolute atomic E-state index is 15.0. The molecule has 3 aliphatic rings. The van der Waals surface area contributed by atoms with Gasteiger partial charge in [0.1, 0.15) is 12.4 Å². The Hall–Kier alpha value is -4.58. The van der Waals surface area contributed by atoms with Crippen LogP contribution in [0.25, 0.3) is 11.3 Å². The van der Waals surface area contributed by atoms with Crippen LogP contribution in [0.2, 0.25) is 0 Å². The van der Waals surface area contributed by atoms with Crippen molar-refractivity contribution in [3.63, 3.8) is 0 Å². The van der Waals surface area contributed by atoms with Crippen molar-refractivity contribution in [2.45, 2.75) is 95.7 Å². The fraction of sp³-hybridized carbons (Fsp3) is 0.462. The molecule has 1 saturated heterocycles. The Morgan fingerprint density at radius 3 is 2.43 bits per heavy atom. The molecule has 2 aromatic carbocycles. The second-order valence-electron chi connectivity index (χ2n) is 14.7. The van der Waals surface area contributed by atoms with Crippen LogP contribution < -0.4 is 14.4 Å². The zero-order valence-electron chi connectivity index (χ0n) is 30.0. The van der Waals surface area contributed by atoms with E-state index in [2.05, 4.69) is 40.5 Å². The van der Waals surface area contributed by atoms with E-state index in [-0.39, 0.29) is 46.8 Å². The minimum atomic E-state index is -4.18. The van der Waals surface area contributed by atoms with Gasteiger partial charge in [-0.15, -0.1) is 0 Å². The van der Waals surface area contributed by atoms with Gasteiger partial charge in [-0.3, -0.25) is 4.79 Å². The van der Waals surface area contributed by atoms with Crippen LogP contribution in [0.5, 0.6) is 5.88 Å². The van der Waals surface area contributed by atoms with Crippen molar-refractivity contribution in [1.82, 2.24) is 24.8 Å². The van der Waals surface area contributed by atoms with Crippen LogP contribution >= 0.6 is 0 Å². The van der Waals surface area contributed by atoms with E-state index in [1.807, 2.05) is 43.0 Å². The molecule has 268 valence electrons. The van der Waals surface area contributed by atoms with E-state index in [0.717, 1.165) is 54.6 Å². The summed E-state index contributed by atoms with van der Waals surface area (Å²) in [6.07, 6.45) is 8.58. The van der Waals surface area contributed by atoms with Crippen LogP contribution in [0.1, 0.15) is 92.1 Å². The second-order valence-corrected chi connectivity index (χ2v) is 16.4. The normalized spacial score (nSPS) is 21.9. The van der Waals surface area contributed by atoms with E-state index in [1.165, 1.54) is 18.6 Å². The quantitative estimate of drug-likeness (QED) is 0.222. The molecular formula is C39H47N7O4S. The van der Waals surface area contributed by atoms with Gasteiger partial charge in [-0.25, -0.2) is 28.1 Å². The van der Waals surface area contributed by atoms with Gasteiger partial charge in [0.25, 0.3) is 15.9 Å². The highest BCUT2D eigenvalue weighted by Gasteiger charge is 2.41. The first-order valence-corrected chi connectivity index (χ1v) is 19.6. The summed E-state index contributed by atoms with van der Waals surface area (Å²) in [5, 5.41) is 0. The summed E-state index contributed by atoms with van der Waals surface area (Å²) >= 11 is 0. The first-order chi connectivity index (χ1) is 24.5. The largest absolute Gasteiger partial charge is 0.475 e. The van der Waals surface area contributed by atoms with Crippen LogP contribution in [-0.2, 0) is 10.0 Å². The average Bonchev–Trinajstić information content (AvgIpc) is 3.24. The molecular weight excluding hydrogens is 663 g/mol. The zero-order chi connectivity index (χ0) is 35.9. The zero-order valence-corrected chi connectivity index (χ0v) is 30.9. The van der Waals surface area contributed by atoms with Crippen molar-refractivity contribution in [3.8, 4) is 17.1 Å². The van der Waals surface area contributed by atoms with Crippen LogP contribution in [-0.4, -0.2) is 64.9 Å². The summed E-state index contributed by atoms with van der Waals surface area (Å²) < 4.78 is 36.9. The number of fused-ring (bicyclic) bond motifs is 5. The minimum Gasteiger partial charge on any atom is -0.475 e. The molecule has 0 radical (unpaired) electrons. The Morgan fingerprint density at radius 2 is 1.71 bits per heavy atom. The second kappa shape index (κ2) is 14.2. The maximum Gasteiger partial charge on any atom is 0.264 e. The lowest BCUT2D eigenvalue weighted by atomic mass is 9.87. The molecule has 51 heavy (non-hydrogen) atoms. The number of hydrogen-bond donors (Lipinski definition) is 1. The third kappa shape index (κ3) is 7.15. The van der Waals surface area contributed by atoms with Crippen molar-refractivity contribution in [1.29, 1.82) is 0 Å². The van der Waals surface area contributed by atoms with Crippen molar-refractivity contribution in [3.05, 3.63) is 83.3 Å². The molecule has 7 rings (SSSR count). The lowest BCUT2D eigenvalue weighted by Crippen LogP contribution is -2.49. The topological polar surface area (TPSA) is 131 Å². The molecule has 3 atom stereocenters. The van der Waals surface area contributed by atoms with Gasteiger partial charge in [-0.1, -0.05) is 44.5 Å². The summed E-state index contributed by atoms with van der Waals surface area (Å²) in [4.78, 5) is 38.1. The molecule has 1 aliphatic carbocycles. The molecule has 2 aliphatic heterocycles. The number of carbonyl (C=O) groups is 1. The number of anilines is 2. The van der Waals surface area contributed by atoms with Gasteiger partial charge in [0.2, 0.25) is 11.8 Å². The third-order valence-corrected chi connectivity index (χ3v) is 12.0.